The quantitative estimate of drug-likeness (QED) is 0.873. The smallest absolute Gasteiger partial charge is 0.253 e. The second-order valence-corrected chi connectivity index (χ2v) is 5.59. The number of aromatic hydroxyl groups is 1. The number of nitrogens with two attached hydrogens (primary N) is 1. The number of halogens is 1. The molecule has 0 saturated carbocycles. The van der Waals surface area contributed by atoms with E-state index in [1.165, 1.54) is 12.1 Å². The van der Waals surface area contributed by atoms with Crippen LogP contribution in [0.15, 0.2) is 18.2 Å². The molecule has 1 saturated heterocycles. The molecule has 104 valence electrons. The summed E-state index contributed by atoms with van der Waals surface area (Å²) in [6, 6.07) is 4.55. The molecule has 1 aliphatic heterocycles. The van der Waals surface area contributed by atoms with Crippen LogP contribution in [0.25, 0.3) is 0 Å². The van der Waals surface area contributed by atoms with E-state index < -0.39 is 0 Å². The summed E-state index contributed by atoms with van der Waals surface area (Å²) in [5, 5.41) is 9.58. The van der Waals surface area contributed by atoms with Crippen LogP contribution in [0.5, 0.6) is 5.75 Å². The average molecular weight is 283 g/mol. The Morgan fingerprint density at radius 2 is 2.32 bits per heavy atom. The molecule has 19 heavy (non-hydrogen) atoms. The zero-order chi connectivity index (χ0) is 14.0. The maximum absolute atomic E-state index is 12.4. The highest BCUT2D eigenvalue weighted by Gasteiger charge is 2.28. The minimum absolute atomic E-state index is 0.00897. The maximum atomic E-state index is 12.4. The molecule has 1 amide bonds. The van der Waals surface area contributed by atoms with E-state index in [9.17, 15) is 9.90 Å². The third-order valence-corrected chi connectivity index (χ3v) is 4.20. The number of amides is 1. The first-order valence-electron chi connectivity index (χ1n) is 6.50. The van der Waals surface area contributed by atoms with E-state index >= 15 is 0 Å². The van der Waals surface area contributed by atoms with E-state index in [1.807, 2.05) is 4.90 Å². The summed E-state index contributed by atoms with van der Waals surface area (Å²) in [5.74, 6) is 0.848. The fraction of sp³-hybridized carbons (Fsp3) is 0.500. The number of hydrogen-bond donors (Lipinski definition) is 2. The summed E-state index contributed by atoms with van der Waals surface area (Å²) in [7, 11) is 0. The van der Waals surface area contributed by atoms with Gasteiger partial charge in [0.1, 0.15) is 5.75 Å². The molecule has 0 radical (unpaired) electrons. The highest BCUT2D eigenvalue weighted by atomic mass is 35.5. The molecular formula is C14H19ClN2O2. The molecule has 1 heterocycles. The number of hydrogen-bond acceptors (Lipinski definition) is 3. The lowest BCUT2D eigenvalue weighted by Gasteiger charge is -2.36. The molecule has 0 aliphatic carbocycles. The number of rotatable bonds is 2. The molecular weight excluding hydrogens is 264 g/mol. The Hall–Kier alpha value is -1.26. The molecule has 0 bridgehead atoms. The van der Waals surface area contributed by atoms with Gasteiger partial charge in [-0.1, -0.05) is 18.5 Å². The number of carbonyl (C=O) groups excluding carboxylic acids is 1. The third-order valence-electron chi connectivity index (χ3n) is 3.90. The Morgan fingerprint density at radius 1 is 1.58 bits per heavy atom. The van der Waals surface area contributed by atoms with Crippen LogP contribution in [-0.2, 0) is 0 Å². The lowest BCUT2D eigenvalue weighted by atomic mass is 9.87. The summed E-state index contributed by atoms with van der Waals surface area (Å²) in [6.07, 6.45) is 0.972. The molecule has 1 aliphatic rings. The first kappa shape index (κ1) is 14.2. The van der Waals surface area contributed by atoms with Gasteiger partial charge in [-0.3, -0.25) is 4.79 Å². The van der Waals surface area contributed by atoms with Crippen LogP contribution in [0.3, 0.4) is 0 Å². The zero-order valence-electron chi connectivity index (χ0n) is 11.0. The minimum atomic E-state index is -0.0488. The predicted octanol–water partition coefficient (Wildman–Crippen LogP) is 2.10. The van der Waals surface area contributed by atoms with Crippen molar-refractivity contribution in [2.45, 2.75) is 13.3 Å². The summed E-state index contributed by atoms with van der Waals surface area (Å²) in [4.78, 5) is 14.2. The molecule has 1 aromatic carbocycles. The van der Waals surface area contributed by atoms with Crippen molar-refractivity contribution < 1.29 is 9.90 Å². The normalized spacial score (nSPS) is 23.4. The van der Waals surface area contributed by atoms with Crippen molar-refractivity contribution in [1.82, 2.24) is 4.90 Å². The number of phenols is 1. The van der Waals surface area contributed by atoms with Gasteiger partial charge in [-0.05, 0) is 43.0 Å². The van der Waals surface area contributed by atoms with E-state index in [0.29, 0.717) is 30.5 Å². The Labute approximate surface area is 118 Å². The van der Waals surface area contributed by atoms with Crippen molar-refractivity contribution in [2.24, 2.45) is 17.6 Å². The van der Waals surface area contributed by atoms with Crippen LogP contribution >= 0.6 is 11.6 Å². The van der Waals surface area contributed by atoms with E-state index in [-0.39, 0.29) is 16.7 Å². The Morgan fingerprint density at radius 3 is 2.95 bits per heavy atom. The first-order valence-corrected chi connectivity index (χ1v) is 6.88. The highest BCUT2D eigenvalue weighted by molar-refractivity contribution is 6.32. The highest BCUT2D eigenvalue weighted by Crippen LogP contribution is 2.27. The van der Waals surface area contributed by atoms with Crippen LogP contribution in [-0.4, -0.2) is 35.5 Å². The van der Waals surface area contributed by atoms with Crippen molar-refractivity contribution in [2.75, 3.05) is 19.6 Å². The summed E-state index contributed by atoms with van der Waals surface area (Å²) < 4.78 is 0. The molecule has 2 rings (SSSR count). The topological polar surface area (TPSA) is 66.6 Å². The molecule has 3 N–H and O–H groups in total. The van der Waals surface area contributed by atoms with E-state index in [1.54, 1.807) is 6.07 Å². The zero-order valence-corrected chi connectivity index (χ0v) is 11.7. The molecule has 2 unspecified atom stereocenters. The second kappa shape index (κ2) is 5.80. The lowest BCUT2D eigenvalue weighted by Crippen LogP contribution is -2.45. The predicted molar refractivity (Wildman–Crippen MR) is 75.3 cm³/mol. The second-order valence-electron chi connectivity index (χ2n) is 5.18. The molecule has 1 fully saturated rings. The molecule has 0 aromatic heterocycles. The number of piperidine rings is 1. The van der Waals surface area contributed by atoms with Gasteiger partial charge >= 0.3 is 0 Å². The fourth-order valence-electron chi connectivity index (χ4n) is 2.46. The summed E-state index contributed by atoms with van der Waals surface area (Å²) in [5.41, 5.74) is 6.25. The molecule has 1 aromatic rings. The maximum Gasteiger partial charge on any atom is 0.253 e. The largest absolute Gasteiger partial charge is 0.506 e. The molecule has 0 spiro atoms. The van der Waals surface area contributed by atoms with Gasteiger partial charge in [-0.25, -0.2) is 0 Å². The van der Waals surface area contributed by atoms with E-state index in [2.05, 4.69) is 6.92 Å². The van der Waals surface area contributed by atoms with Crippen LogP contribution in [0.1, 0.15) is 23.7 Å². The van der Waals surface area contributed by atoms with Crippen LogP contribution < -0.4 is 5.73 Å². The van der Waals surface area contributed by atoms with Crippen molar-refractivity contribution in [1.29, 1.82) is 0 Å². The number of nitrogens with zero attached hydrogens (tertiary/aromatic N) is 1. The standard InChI is InChI=1S/C14H19ClN2O2/c1-9-4-5-17(8-11(9)7-16)14(19)10-2-3-13(18)12(15)6-10/h2-3,6,9,11,18H,4-5,7-8,16H2,1H3. The van der Waals surface area contributed by atoms with Crippen molar-refractivity contribution in [3.05, 3.63) is 28.8 Å². The van der Waals surface area contributed by atoms with Crippen molar-refractivity contribution in [3.8, 4) is 5.75 Å². The van der Waals surface area contributed by atoms with Gasteiger partial charge in [0.2, 0.25) is 0 Å². The Kier molecular flexibility index (Phi) is 4.32. The van der Waals surface area contributed by atoms with E-state index in [4.69, 9.17) is 17.3 Å². The van der Waals surface area contributed by atoms with Crippen LogP contribution in [0, 0.1) is 11.8 Å². The number of benzene rings is 1. The van der Waals surface area contributed by atoms with Crippen molar-refractivity contribution in [3.63, 3.8) is 0 Å². The van der Waals surface area contributed by atoms with Crippen LogP contribution in [0.2, 0.25) is 5.02 Å². The average Bonchev–Trinajstić information content (AvgIpc) is 2.41. The SMILES string of the molecule is CC1CCN(C(=O)c2ccc(O)c(Cl)c2)CC1CN. The number of carbonyl (C=O) groups is 1. The molecule has 4 nitrogen and oxygen atoms in total. The van der Waals surface area contributed by atoms with Gasteiger partial charge in [0.05, 0.1) is 5.02 Å². The monoisotopic (exact) mass is 282 g/mol. The number of phenolic OH excluding ortho intramolecular Hbond substituents is 1. The summed E-state index contributed by atoms with van der Waals surface area (Å²) >= 11 is 5.84. The van der Waals surface area contributed by atoms with Crippen molar-refractivity contribution >= 4 is 17.5 Å². The lowest BCUT2D eigenvalue weighted by molar-refractivity contribution is 0.0618. The van der Waals surface area contributed by atoms with Crippen LogP contribution in [0.4, 0.5) is 0 Å². The van der Waals surface area contributed by atoms with Gasteiger partial charge in [0.25, 0.3) is 5.91 Å². The summed E-state index contributed by atoms with van der Waals surface area (Å²) in [6.45, 7) is 4.21. The van der Waals surface area contributed by atoms with Gasteiger partial charge in [-0.15, -0.1) is 0 Å². The van der Waals surface area contributed by atoms with Gasteiger partial charge in [-0.2, -0.15) is 0 Å². The number of likely N-dealkylation sites (tertiary alicyclic amines) is 1. The molecule has 2 atom stereocenters. The minimum Gasteiger partial charge on any atom is -0.506 e. The Balaban J connectivity index is 2.13. The van der Waals surface area contributed by atoms with Gasteiger partial charge in [0.15, 0.2) is 0 Å². The van der Waals surface area contributed by atoms with Gasteiger partial charge in [0, 0.05) is 18.7 Å². The van der Waals surface area contributed by atoms with Gasteiger partial charge < -0.3 is 15.7 Å². The fourth-order valence-corrected chi connectivity index (χ4v) is 2.64. The van der Waals surface area contributed by atoms with E-state index in [0.717, 1.165) is 13.0 Å². The third kappa shape index (κ3) is 3.01. The Bertz CT molecular complexity index is 479. The molecule has 5 heteroatoms. The first-order chi connectivity index (χ1) is 9.02.